The highest BCUT2D eigenvalue weighted by atomic mass is 16.6. The van der Waals surface area contributed by atoms with Gasteiger partial charge in [0.25, 0.3) is 0 Å². The Kier molecular flexibility index (Phi) is 20.4. The van der Waals surface area contributed by atoms with Crippen molar-refractivity contribution in [2.24, 2.45) is 5.84 Å². The largest absolute Gasteiger partial charge is 0.385 e. The average molecular weight is 576 g/mol. The fourth-order valence-electron chi connectivity index (χ4n) is 3.88. The van der Waals surface area contributed by atoms with Gasteiger partial charge in [0.1, 0.15) is 12.7 Å². The van der Waals surface area contributed by atoms with Gasteiger partial charge in [0, 0.05) is 25.7 Å². The molecule has 1 rings (SSSR count). The summed E-state index contributed by atoms with van der Waals surface area (Å²) in [7, 11) is 7.86. The number of hydrogen-bond acceptors (Lipinski definition) is 10. The van der Waals surface area contributed by atoms with Crippen LogP contribution in [0.2, 0.25) is 0 Å². The van der Waals surface area contributed by atoms with Gasteiger partial charge in [-0.25, -0.2) is 0 Å². The van der Waals surface area contributed by atoms with Gasteiger partial charge in [0.05, 0.1) is 92.8 Å². The number of carbonyl (C=O) groups excluding carboxylic acids is 2. The van der Waals surface area contributed by atoms with Gasteiger partial charge in [-0.05, 0) is 19.3 Å². The summed E-state index contributed by atoms with van der Waals surface area (Å²) in [6.07, 6.45) is 4.96. The Bertz CT molecular complexity index is 718. The minimum atomic E-state index is -0.248. The molecule has 0 heterocycles. The Morgan fingerprint density at radius 1 is 0.850 bits per heavy atom. The molecule has 1 unspecified atom stereocenters. The summed E-state index contributed by atoms with van der Waals surface area (Å²) in [6, 6.07) is 0. The molecule has 0 spiro atoms. The molecule has 1 aliphatic rings. The highest BCUT2D eigenvalue weighted by molar-refractivity contribution is 5.76. The number of quaternary nitrogens is 1. The van der Waals surface area contributed by atoms with Crippen molar-refractivity contribution in [3.63, 3.8) is 0 Å². The molecular weight excluding hydrogens is 520 g/mol. The minimum Gasteiger partial charge on any atom is -0.385 e. The number of hydrogen-bond donors (Lipinski definition) is 5. The number of nitrogens with two attached hydrogens (primary N) is 1. The third kappa shape index (κ3) is 19.1. The first-order valence-electron chi connectivity index (χ1n) is 14.4. The van der Waals surface area contributed by atoms with Crippen LogP contribution in [0.15, 0.2) is 11.4 Å². The predicted molar refractivity (Wildman–Crippen MR) is 153 cm³/mol. The van der Waals surface area contributed by atoms with E-state index in [1.807, 2.05) is 0 Å². The number of nitrogens with zero attached hydrogens (tertiary/aromatic N) is 1. The van der Waals surface area contributed by atoms with Gasteiger partial charge in [-0.3, -0.25) is 15.4 Å². The molecule has 0 fully saturated rings. The second-order valence-corrected chi connectivity index (χ2v) is 10.6. The maximum Gasteiger partial charge on any atom is 0.245 e. The van der Waals surface area contributed by atoms with Crippen LogP contribution in [0.5, 0.6) is 0 Å². The average Bonchev–Trinajstić information content (AvgIpc) is 2.90. The van der Waals surface area contributed by atoms with E-state index < -0.39 is 0 Å². The molecule has 2 amide bonds. The first kappa shape index (κ1) is 36.0. The number of amides is 2. The number of carbonyl (C=O) groups is 2. The van der Waals surface area contributed by atoms with E-state index in [0.29, 0.717) is 72.4 Å². The molecule has 0 aliphatic heterocycles. The quantitative estimate of drug-likeness (QED) is 0.0472. The van der Waals surface area contributed by atoms with Gasteiger partial charge in [-0.2, -0.15) is 0 Å². The predicted octanol–water partition coefficient (Wildman–Crippen LogP) is -0.375. The van der Waals surface area contributed by atoms with Gasteiger partial charge in [-0.1, -0.05) is 12.8 Å². The van der Waals surface area contributed by atoms with Crippen molar-refractivity contribution in [1.82, 2.24) is 21.4 Å². The third-order valence-electron chi connectivity index (χ3n) is 6.17. The molecule has 0 saturated carbocycles. The highest BCUT2D eigenvalue weighted by Gasteiger charge is 2.21. The lowest BCUT2D eigenvalue weighted by Crippen LogP contribution is -2.42. The number of likely N-dealkylation sites (N-methyl/N-ethyl adjacent to an activating group) is 2. The summed E-state index contributed by atoms with van der Waals surface area (Å²) < 4.78 is 28.8. The Labute approximate surface area is 240 Å². The van der Waals surface area contributed by atoms with Gasteiger partial charge < -0.3 is 49.5 Å². The maximum absolute atomic E-state index is 11.7. The fourth-order valence-corrected chi connectivity index (χ4v) is 3.88. The van der Waals surface area contributed by atoms with Crippen LogP contribution in [0.4, 0.5) is 0 Å². The number of allylic oxidation sites excluding steroid dienone is 1. The van der Waals surface area contributed by atoms with Crippen molar-refractivity contribution >= 4 is 11.8 Å². The number of nitrogens with one attached hydrogen (secondary N) is 4. The van der Waals surface area contributed by atoms with Crippen LogP contribution < -0.4 is 27.2 Å². The summed E-state index contributed by atoms with van der Waals surface area (Å²) in [5.41, 5.74) is 4.60. The molecule has 234 valence electrons. The maximum atomic E-state index is 11.7. The number of ether oxygens (including phenoxy) is 5. The lowest BCUT2D eigenvalue weighted by Gasteiger charge is -2.26. The monoisotopic (exact) mass is 575 g/mol. The second kappa shape index (κ2) is 22.7. The van der Waals surface area contributed by atoms with Crippen LogP contribution >= 0.6 is 0 Å². The molecule has 0 saturated heterocycles. The van der Waals surface area contributed by atoms with E-state index in [1.165, 1.54) is 0 Å². The van der Waals surface area contributed by atoms with Crippen LogP contribution in [0.3, 0.4) is 0 Å². The zero-order valence-electron chi connectivity index (χ0n) is 25.2. The van der Waals surface area contributed by atoms with E-state index >= 15 is 0 Å². The van der Waals surface area contributed by atoms with E-state index in [1.54, 1.807) is 7.05 Å². The van der Waals surface area contributed by atoms with Crippen LogP contribution in [0, 0.1) is 0 Å². The molecule has 0 aromatic heterocycles. The van der Waals surface area contributed by atoms with Crippen molar-refractivity contribution < 1.29 is 37.8 Å². The second-order valence-electron chi connectivity index (χ2n) is 10.6. The Hall–Kier alpha value is -2.00. The summed E-state index contributed by atoms with van der Waals surface area (Å²) in [6.45, 7) is 5.92. The number of hydrazine groups is 1. The zero-order chi connectivity index (χ0) is 29.5. The smallest absolute Gasteiger partial charge is 0.245 e. The lowest BCUT2D eigenvalue weighted by molar-refractivity contribution is -0.869. The van der Waals surface area contributed by atoms with Crippen LogP contribution in [-0.2, 0) is 33.3 Å². The van der Waals surface area contributed by atoms with Gasteiger partial charge in [-0.15, -0.1) is 0 Å². The van der Waals surface area contributed by atoms with E-state index in [0.717, 1.165) is 54.5 Å². The first-order chi connectivity index (χ1) is 19.3. The van der Waals surface area contributed by atoms with Crippen molar-refractivity contribution in [3.8, 4) is 0 Å². The minimum absolute atomic E-state index is 0.000595. The molecule has 0 bridgehead atoms. The Morgan fingerprint density at radius 2 is 1.48 bits per heavy atom. The van der Waals surface area contributed by atoms with Crippen LogP contribution in [-0.4, -0.2) is 130 Å². The summed E-state index contributed by atoms with van der Waals surface area (Å²) >= 11 is 0. The van der Waals surface area contributed by atoms with E-state index in [-0.39, 0.29) is 24.5 Å². The Balaban J connectivity index is 2.04. The van der Waals surface area contributed by atoms with Gasteiger partial charge in [0.2, 0.25) is 11.8 Å². The van der Waals surface area contributed by atoms with E-state index in [9.17, 15) is 9.59 Å². The third-order valence-corrected chi connectivity index (χ3v) is 6.17. The molecule has 6 N–H and O–H groups in total. The lowest BCUT2D eigenvalue weighted by atomic mass is 9.99. The molecule has 1 atom stereocenters. The molecule has 1 aliphatic carbocycles. The van der Waals surface area contributed by atoms with E-state index in [4.69, 9.17) is 29.5 Å². The van der Waals surface area contributed by atoms with Crippen molar-refractivity contribution in [2.75, 3.05) is 107 Å². The van der Waals surface area contributed by atoms with Crippen molar-refractivity contribution in [2.45, 2.75) is 44.6 Å². The molecular formula is C27H55N6O7+. The summed E-state index contributed by atoms with van der Waals surface area (Å²) in [5.74, 6) is 5.67. The molecule has 0 aromatic carbocycles. The van der Waals surface area contributed by atoms with Crippen molar-refractivity contribution in [3.05, 3.63) is 11.4 Å². The molecule has 0 radical (unpaired) electrons. The first-order valence-corrected chi connectivity index (χ1v) is 14.4. The standard InChI is InChI=1S/C27H54N6O7/c1-29-26(35)22-40-24-9-7-5-6-8-23(27(24)32-28)30-12-15-37-17-19-39-21-20-38-18-16-36-14-10-25(34)31-11-13-33(2,3)4/h24,30,32H,5-22,28H2,1-4H3,(H-,29,31,34,35)/p+1/b27-23-. The zero-order valence-corrected chi connectivity index (χ0v) is 25.2. The van der Waals surface area contributed by atoms with Gasteiger partial charge in [0.15, 0.2) is 0 Å². The SMILES string of the molecule is CNC(=O)COC1CCCCC/C(NCCOCCOCCOCCOCCC(=O)NCC[N+](C)(C)C)=C\1NN. The van der Waals surface area contributed by atoms with Crippen molar-refractivity contribution in [1.29, 1.82) is 0 Å². The molecule has 13 heteroatoms. The topological polar surface area (TPSA) is 154 Å². The fraction of sp³-hybridized carbons (Fsp3) is 0.852. The molecule has 0 aromatic rings. The van der Waals surface area contributed by atoms with Crippen LogP contribution in [0.1, 0.15) is 38.5 Å². The normalized spacial score (nSPS) is 18.1. The number of rotatable bonds is 23. The highest BCUT2D eigenvalue weighted by Crippen LogP contribution is 2.22. The molecule has 13 nitrogen and oxygen atoms in total. The van der Waals surface area contributed by atoms with Gasteiger partial charge >= 0.3 is 0 Å². The molecule has 40 heavy (non-hydrogen) atoms. The van der Waals surface area contributed by atoms with Crippen LogP contribution in [0.25, 0.3) is 0 Å². The Morgan fingerprint density at radius 3 is 2.08 bits per heavy atom. The summed E-state index contributed by atoms with van der Waals surface area (Å²) in [4.78, 5) is 23.3. The van der Waals surface area contributed by atoms with E-state index in [2.05, 4.69) is 42.5 Å². The summed E-state index contributed by atoms with van der Waals surface area (Å²) in [5, 5.41) is 8.89.